The molecular formula is C10H5BrF2IN. The van der Waals surface area contributed by atoms with Gasteiger partial charge in [-0.15, -0.1) is 0 Å². The van der Waals surface area contributed by atoms with E-state index in [1.165, 1.54) is 6.07 Å². The fraction of sp³-hybridized carbons (Fsp3) is 0.100. The average molecular weight is 384 g/mol. The van der Waals surface area contributed by atoms with Gasteiger partial charge in [-0.05, 0) is 45.4 Å². The lowest BCUT2D eigenvalue weighted by molar-refractivity contribution is 0.591. The van der Waals surface area contributed by atoms with E-state index >= 15 is 0 Å². The second-order valence-electron chi connectivity index (χ2n) is 3.11. The zero-order valence-corrected chi connectivity index (χ0v) is 11.4. The van der Waals surface area contributed by atoms with Gasteiger partial charge in [0.25, 0.3) is 0 Å². The summed E-state index contributed by atoms with van der Waals surface area (Å²) in [5.41, 5.74) is 1.08. The number of hydrogen-bond donors (Lipinski definition) is 0. The molecule has 1 aromatic carbocycles. The Hall–Kier alpha value is -0.300. The van der Waals surface area contributed by atoms with Gasteiger partial charge in [0.2, 0.25) is 0 Å². The van der Waals surface area contributed by atoms with Gasteiger partial charge < -0.3 is 0 Å². The second kappa shape index (κ2) is 3.93. The molecule has 2 aromatic rings. The summed E-state index contributed by atoms with van der Waals surface area (Å²) in [4.78, 5) is 4.14. The molecule has 0 amide bonds. The van der Waals surface area contributed by atoms with Crippen LogP contribution in [-0.4, -0.2) is 4.98 Å². The van der Waals surface area contributed by atoms with Crippen LogP contribution in [0, 0.1) is 22.1 Å². The Labute approximate surface area is 107 Å². The third-order valence-corrected chi connectivity index (χ3v) is 4.91. The number of fused-ring (bicyclic) bond motifs is 1. The highest BCUT2D eigenvalue weighted by Crippen LogP contribution is 2.31. The normalized spacial score (nSPS) is 11.0. The zero-order valence-electron chi connectivity index (χ0n) is 7.61. The molecule has 0 spiro atoms. The first kappa shape index (κ1) is 11.2. The van der Waals surface area contributed by atoms with Crippen LogP contribution in [0.2, 0.25) is 0 Å². The summed E-state index contributed by atoms with van der Waals surface area (Å²) in [5, 5.41) is 0.325. The molecule has 2 rings (SSSR count). The maximum atomic E-state index is 13.5. The Morgan fingerprint density at radius 1 is 1.33 bits per heavy atom. The van der Waals surface area contributed by atoms with Crippen LogP contribution in [0.3, 0.4) is 0 Å². The second-order valence-corrected chi connectivity index (χ2v) is 4.98. The summed E-state index contributed by atoms with van der Waals surface area (Å²) in [7, 11) is 0. The fourth-order valence-electron chi connectivity index (χ4n) is 1.36. The number of aryl methyl sites for hydroxylation is 1. The molecule has 0 aliphatic carbocycles. The molecule has 78 valence electrons. The van der Waals surface area contributed by atoms with Gasteiger partial charge in [-0.3, -0.25) is 4.98 Å². The summed E-state index contributed by atoms with van der Waals surface area (Å²) >= 11 is 5.37. The summed E-state index contributed by atoms with van der Waals surface area (Å²) in [6, 6.07) is 2.09. The first-order chi connectivity index (χ1) is 7.00. The molecule has 0 radical (unpaired) electrons. The predicted molar refractivity (Wildman–Crippen MR) is 66.8 cm³/mol. The van der Waals surface area contributed by atoms with Gasteiger partial charge in [-0.1, -0.05) is 0 Å². The van der Waals surface area contributed by atoms with Crippen molar-refractivity contribution in [1.29, 1.82) is 0 Å². The van der Waals surface area contributed by atoms with Crippen molar-refractivity contribution in [3.05, 3.63) is 37.5 Å². The molecular weight excluding hydrogens is 379 g/mol. The van der Waals surface area contributed by atoms with E-state index in [4.69, 9.17) is 0 Å². The molecule has 0 aliphatic rings. The Bertz CT molecular complexity index is 557. The van der Waals surface area contributed by atoms with E-state index < -0.39 is 11.6 Å². The quantitative estimate of drug-likeness (QED) is 0.621. The van der Waals surface area contributed by atoms with Crippen LogP contribution in [0.25, 0.3) is 10.9 Å². The van der Waals surface area contributed by atoms with Crippen LogP contribution in [0.1, 0.15) is 5.69 Å². The van der Waals surface area contributed by atoms with E-state index in [0.717, 1.165) is 15.3 Å². The minimum absolute atomic E-state index is 0.325. The highest BCUT2D eigenvalue weighted by atomic mass is 127. The molecule has 0 aliphatic heterocycles. The van der Waals surface area contributed by atoms with Gasteiger partial charge in [0.15, 0.2) is 0 Å². The Morgan fingerprint density at radius 2 is 2.00 bits per heavy atom. The third kappa shape index (κ3) is 1.87. The minimum atomic E-state index is -0.611. The van der Waals surface area contributed by atoms with E-state index in [2.05, 4.69) is 43.5 Å². The van der Waals surface area contributed by atoms with E-state index in [1.807, 2.05) is 0 Å². The molecule has 0 saturated heterocycles. The fourth-order valence-corrected chi connectivity index (χ4v) is 2.43. The largest absolute Gasteiger partial charge is 0.252 e. The number of rotatable bonds is 0. The van der Waals surface area contributed by atoms with Crippen molar-refractivity contribution in [3.63, 3.8) is 0 Å². The highest BCUT2D eigenvalue weighted by Gasteiger charge is 2.13. The van der Waals surface area contributed by atoms with Crippen molar-refractivity contribution in [2.75, 3.05) is 0 Å². The Balaban J connectivity index is 2.99. The molecule has 15 heavy (non-hydrogen) atoms. The molecule has 0 N–H and O–H groups in total. The molecule has 1 nitrogen and oxygen atoms in total. The van der Waals surface area contributed by atoms with Gasteiger partial charge in [0.1, 0.15) is 11.6 Å². The van der Waals surface area contributed by atoms with Crippen molar-refractivity contribution in [2.24, 2.45) is 0 Å². The van der Waals surface area contributed by atoms with Crippen molar-refractivity contribution in [2.45, 2.75) is 6.92 Å². The topological polar surface area (TPSA) is 12.9 Å². The van der Waals surface area contributed by atoms with E-state index in [1.54, 1.807) is 6.92 Å². The molecule has 0 bridgehead atoms. The standard InChI is InChI=1S/C10H5BrF2IN/c1-4-10(14)9(11)8-6(13)2-5(12)3-7(8)15-4/h2-3H,1H3. The van der Waals surface area contributed by atoms with Crippen molar-refractivity contribution in [3.8, 4) is 0 Å². The molecule has 0 fully saturated rings. The average Bonchev–Trinajstić information content (AvgIpc) is 2.13. The van der Waals surface area contributed by atoms with Crippen LogP contribution in [-0.2, 0) is 0 Å². The third-order valence-electron chi connectivity index (χ3n) is 2.05. The summed E-state index contributed by atoms with van der Waals surface area (Å²) < 4.78 is 27.9. The number of nitrogens with zero attached hydrogens (tertiary/aromatic N) is 1. The molecule has 0 unspecified atom stereocenters. The van der Waals surface area contributed by atoms with Crippen LogP contribution in [0.15, 0.2) is 16.6 Å². The predicted octanol–water partition coefficient (Wildman–Crippen LogP) is 4.19. The molecule has 5 heteroatoms. The first-order valence-corrected chi connectivity index (χ1v) is 5.98. The monoisotopic (exact) mass is 383 g/mol. The van der Waals surface area contributed by atoms with Crippen LogP contribution < -0.4 is 0 Å². The maximum absolute atomic E-state index is 13.5. The van der Waals surface area contributed by atoms with Crippen LogP contribution >= 0.6 is 38.5 Å². The van der Waals surface area contributed by atoms with Crippen molar-refractivity contribution in [1.82, 2.24) is 4.98 Å². The summed E-state index contributed by atoms with van der Waals surface area (Å²) in [5.74, 6) is -1.21. The smallest absolute Gasteiger partial charge is 0.136 e. The van der Waals surface area contributed by atoms with Gasteiger partial charge in [-0.2, -0.15) is 0 Å². The number of pyridine rings is 1. The molecule has 1 aromatic heterocycles. The summed E-state index contributed by atoms with van der Waals surface area (Å²) in [6.07, 6.45) is 0. The number of halogens is 4. The lowest BCUT2D eigenvalue weighted by atomic mass is 10.2. The lowest BCUT2D eigenvalue weighted by Crippen LogP contribution is -1.94. The van der Waals surface area contributed by atoms with Crippen LogP contribution in [0.4, 0.5) is 8.78 Å². The summed E-state index contributed by atoms with van der Waals surface area (Å²) in [6.45, 7) is 1.80. The lowest BCUT2D eigenvalue weighted by Gasteiger charge is -2.06. The SMILES string of the molecule is Cc1nc2cc(F)cc(F)c2c(Br)c1I. The van der Waals surface area contributed by atoms with E-state index in [-0.39, 0.29) is 0 Å². The highest BCUT2D eigenvalue weighted by molar-refractivity contribution is 14.1. The van der Waals surface area contributed by atoms with Gasteiger partial charge in [0.05, 0.1) is 16.6 Å². The van der Waals surface area contributed by atoms with E-state index in [9.17, 15) is 8.78 Å². The molecule has 1 heterocycles. The molecule has 0 saturated carbocycles. The number of hydrogen-bond acceptors (Lipinski definition) is 1. The van der Waals surface area contributed by atoms with Crippen LogP contribution in [0.5, 0.6) is 0 Å². The van der Waals surface area contributed by atoms with Gasteiger partial charge in [0, 0.05) is 20.2 Å². The molecule has 0 atom stereocenters. The van der Waals surface area contributed by atoms with Crippen molar-refractivity contribution >= 4 is 49.4 Å². The minimum Gasteiger partial charge on any atom is -0.252 e. The Kier molecular flexibility index (Phi) is 2.94. The maximum Gasteiger partial charge on any atom is 0.136 e. The zero-order chi connectivity index (χ0) is 11.2. The van der Waals surface area contributed by atoms with Gasteiger partial charge in [-0.25, -0.2) is 8.78 Å². The van der Waals surface area contributed by atoms with Crippen molar-refractivity contribution < 1.29 is 8.78 Å². The Morgan fingerprint density at radius 3 is 2.67 bits per heavy atom. The first-order valence-electron chi connectivity index (χ1n) is 4.11. The number of aromatic nitrogens is 1. The van der Waals surface area contributed by atoms with Gasteiger partial charge >= 0.3 is 0 Å². The number of benzene rings is 1. The van der Waals surface area contributed by atoms with E-state index in [0.29, 0.717) is 15.4 Å².